The van der Waals surface area contributed by atoms with Gasteiger partial charge in [-0.05, 0) is 74.1 Å². The van der Waals surface area contributed by atoms with Crippen LogP contribution in [0.1, 0.15) is 31.4 Å². The second kappa shape index (κ2) is 8.48. The quantitative estimate of drug-likeness (QED) is 0.577. The Morgan fingerprint density at radius 3 is 2.89 bits per heavy atom. The Balaban J connectivity index is 1.17. The first kappa shape index (κ1) is 17.9. The summed E-state index contributed by atoms with van der Waals surface area (Å²) in [6, 6.07) is 10.5. The lowest BCUT2D eigenvalue weighted by Gasteiger charge is -2.31. The number of benzene rings is 1. The number of halogens is 1. The van der Waals surface area contributed by atoms with Gasteiger partial charge in [-0.3, -0.25) is 9.88 Å². The maximum absolute atomic E-state index is 13.2. The van der Waals surface area contributed by atoms with Crippen molar-refractivity contribution in [3.05, 3.63) is 54.1 Å². The zero-order chi connectivity index (χ0) is 18.5. The van der Waals surface area contributed by atoms with Crippen LogP contribution < -0.4 is 4.74 Å². The molecule has 0 saturated carbocycles. The largest absolute Gasteiger partial charge is 0.475 e. The third-order valence-electron chi connectivity index (χ3n) is 5.22. The van der Waals surface area contributed by atoms with Gasteiger partial charge in [0.2, 0.25) is 0 Å². The monoisotopic (exact) mass is 369 g/mol. The molecule has 1 saturated heterocycles. The number of pyridine rings is 1. The molecule has 27 heavy (non-hydrogen) atoms. The van der Waals surface area contributed by atoms with Crippen LogP contribution in [0, 0.1) is 11.7 Å². The number of fused-ring (bicyclic) bond motifs is 1. The normalized spacial score (nSPS) is 16.0. The molecule has 0 atom stereocenters. The maximum Gasteiger partial charge on any atom is 0.262 e. The SMILES string of the molecule is Fc1ccc2c(OCCCC3CCN(Cc4ccccn4)CC3)noc2c1. The summed E-state index contributed by atoms with van der Waals surface area (Å²) in [5, 5.41) is 4.62. The molecule has 1 aliphatic rings. The predicted molar refractivity (Wildman–Crippen MR) is 101 cm³/mol. The van der Waals surface area contributed by atoms with Gasteiger partial charge in [-0.1, -0.05) is 6.07 Å². The van der Waals surface area contributed by atoms with Crippen molar-refractivity contribution in [1.29, 1.82) is 0 Å². The maximum atomic E-state index is 13.2. The van der Waals surface area contributed by atoms with E-state index in [1.54, 1.807) is 6.07 Å². The number of ether oxygens (including phenoxy) is 1. The number of aromatic nitrogens is 2. The van der Waals surface area contributed by atoms with Crippen LogP contribution in [-0.2, 0) is 6.54 Å². The van der Waals surface area contributed by atoms with Crippen LogP contribution in [0.5, 0.6) is 5.88 Å². The highest BCUT2D eigenvalue weighted by molar-refractivity contribution is 5.81. The average Bonchev–Trinajstić information content (AvgIpc) is 3.09. The second-order valence-electron chi connectivity index (χ2n) is 7.16. The molecule has 0 radical (unpaired) electrons. The van der Waals surface area contributed by atoms with Crippen LogP contribution in [0.25, 0.3) is 11.0 Å². The van der Waals surface area contributed by atoms with E-state index in [-0.39, 0.29) is 5.82 Å². The molecule has 2 aromatic heterocycles. The van der Waals surface area contributed by atoms with Crippen molar-refractivity contribution in [3.8, 4) is 5.88 Å². The van der Waals surface area contributed by atoms with E-state index >= 15 is 0 Å². The molecule has 6 heteroatoms. The van der Waals surface area contributed by atoms with Gasteiger partial charge in [0, 0.05) is 18.8 Å². The fourth-order valence-electron chi connectivity index (χ4n) is 3.69. The van der Waals surface area contributed by atoms with E-state index in [9.17, 15) is 4.39 Å². The fourth-order valence-corrected chi connectivity index (χ4v) is 3.69. The molecular formula is C21H24FN3O2. The van der Waals surface area contributed by atoms with Gasteiger partial charge >= 0.3 is 0 Å². The minimum atomic E-state index is -0.334. The van der Waals surface area contributed by atoms with Crippen molar-refractivity contribution in [2.45, 2.75) is 32.2 Å². The standard InChI is InChI=1S/C21H24FN3O2/c22-17-6-7-19-20(14-17)27-24-21(19)26-13-3-4-16-8-11-25(12-9-16)15-18-5-1-2-10-23-18/h1-2,5-7,10,14,16H,3-4,8-9,11-13,15H2. The van der Waals surface area contributed by atoms with Crippen LogP contribution in [0.2, 0.25) is 0 Å². The molecular weight excluding hydrogens is 345 g/mol. The summed E-state index contributed by atoms with van der Waals surface area (Å²) in [7, 11) is 0. The Bertz CT molecular complexity index is 860. The zero-order valence-electron chi connectivity index (χ0n) is 15.3. The predicted octanol–water partition coefficient (Wildman–Crippen LogP) is 4.43. The van der Waals surface area contributed by atoms with Crippen LogP contribution in [-0.4, -0.2) is 34.7 Å². The summed E-state index contributed by atoms with van der Waals surface area (Å²) in [6.45, 7) is 3.80. The van der Waals surface area contributed by atoms with E-state index < -0.39 is 0 Å². The van der Waals surface area contributed by atoms with Crippen LogP contribution in [0.3, 0.4) is 0 Å². The smallest absolute Gasteiger partial charge is 0.262 e. The lowest BCUT2D eigenvalue weighted by molar-refractivity contribution is 0.163. The molecule has 0 bridgehead atoms. The Morgan fingerprint density at radius 2 is 2.07 bits per heavy atom. The molecule has 0 spiro atoms. The molecule has 5 nitrogen and oxygen atoms in total. The molecule has 0 unspecified atom stereocenters. The third kappa shape index (κ3) is 4.63. The number of hydrogen-bond donors (Lipinski definition) is 0. The molecule has 4 rings (SSSR count). The van der Waals surface area contributed by atoms with Crippen molar-refractivity contribution in [2.24, 2.45) is 5.92 Å². The van der Waals surface area contributed by atoms with E-state index in [1.165, 1.54) is 25.0 Å². The highest BCUT2D eigenvalue weighted by Gasteiger charge is 2.19. The van der Waals surface area contributed by atoms with Crippen molar-refractivity contribution >= 4 is 11.0 Å². The topological polar surface area (TPSA) is 51.4 Å². The van der Waals surface area contributed by atoms with Gasteiger partial charge in [0.05, 0.1) is 17.7 Å². The lowest BCUT2D eigenvalue weighted by Crippen LogP contribution is -2.33. The summed E-state index contributed by atoms with van der Waals surface area (Å²) in [4.78, 5) is 6.89. The first-order valence-corrected chi connectivity index (χ1v) is 9.58. The van der Waals surface area contributed by atoms with Crippen molar-refractivity contribution in [3.63, 3.8) is 0 Å². The first-order valence-electron chi connectivity index (χ1n) is 9.58. The van der Waals surface area contributed by atoms with E-state index in [4.69, 9.17) is 9.26 Å². The Hall–Kier alpha value is -2.47. The Labute approximate surface area is 158 Å². The van der Waals surface area contributed by atoms with Gasteiger partial charge in [-0.15, -0.1) is 0 Å². The first-order chi connectivity index (χ1) is 13.3. The molecule has 1 aromatic carbocycles. The molecule has 142 valence electrons. The number of piperidine rings is 1. The van der Waals surface area contributed by atoms with Gasteiger partial charge in [0.15, 0.2) is 5.58 Å². The zero-order valence-corrected chi connectivity index (χ0v) is 15.3. The van der Waals surface area contributed by atoms with Gasteiger partial charge in [-0.25, -0.2) is 4.39 Å². The summed E-state index contributed by atoms with van der Waals surface area (Å²) in [5.41, 5.74) is 1.56. The molecule has 3 heterocycles. The molecule has 0 N–H and O–H groups in total. The second-order valence-corrected chi connectivity index (χ2v) is 7.16. The van der Waals surface area contributed by atoms with Crippen molar-refractivity contribution in [2.75, 3.05) is 19.7 Å². The van der Waals surface area contributed by atoms with Crippen LogP contribution in [0.15, 0.2) is 47.1 Å². The molecule has 1 fully saturated rings. The van der Waals surface area contributed by atoms with Crippen molar-refractivity contribution < 1.29 is 13.7 Å². The number of nitrogens with zero attached hydrogens (tertiary/aromatic N) is 3. The van der Waals surface area contributed by atoms with Crippen LogP contribution in [0.4, 0.5) is 4.39 Å². The van der Waals surface area contributed by atoms with Gasteiger partial charge in [0.1, 0.15) is 5.82 Å². The minimum absolute atomic E-state index is 0.334. The minimum Gasteiger partial charge on any atom is -0.475 e. The van der Waals surface area contributed by atoms with Crippen molar-refractivity contribution in [1.82, 2.24) is 15.0 Å². The van der Waals surface area contributed by atoms with E-state index in [2.05, 4.69) is 21.1 Å². The number of hydrogen-bond acceptors (Lipinski definition) is 5. The highest BCUT2D eigenvalue weighted by Crippen LogP contribution is 2.26. The highest BCUT2D eigenvalue weighted by atomic mass is 19.1. The Morgan fingerprint density at radius 1 is 1.19 bits per heavy atom. The van der Waals surface area contributed by atoms with Gasteiger partial charge in [0.25, 0.3) is 5.88 Å². The molecule has 1 aliphatic heterocycles. The van der Waals surface area contributed by atoms with Crippen LogP contribution >= 0.6 is 0 Å². The fraction of sp³-hybridized carbons (Fsp3) is 0.429. The van der Waals surface area contributed by atoms with E-state index in [0.29, 0.717) is 18.1 Å². The van der Waals surface area contributed by atoms with Gasteiger partial charge in [-0.2, -0.15) is 0 Å². The van der Waals surface area contributed by atoms with E-state index in [1.807, 2.05) is 18.3 Å². The number of rotatable bonds is 7. The lowest BCUT2D eigenvalue weighted by atomic mass is 9.92. The van der Waals surface area contributed by atoms with Gasteiger partial charge < -0.3 is 9.26 Å². The summed E-state index contributed by atoms with van der Waals surface area (Å²) in [6.07, 6.45) is 6.44. The summed E-state index contributed by atoms with van der Waals surface area (Å²) in [5.74, 6) is 0.867. The molecule has 0 aliphatic carbocycles. The Kier molecular flexibility index (Phi) is 5.63. The summed E-state index contributed by atoms with van der Waals surface area (Å²) < 4.78 is 24.0. The molecule has 0 amide bonds. The number of likely N-dealkylation sites (tertiary alicyclic amines) is 1. The summed E-state index contributed by atoms with van der Waals surface area (Å²) >= 11 is 0. The van der Waals surface area contributed by atoms with E-state index in [0.717, 1.165) is 49.5 Å². The average molecular weight is 369 g/mol. The molecule has 3 aromatic rings. The third-order valence-corrected chi connectivity index (χ3v) is 5.22.